The fourth-order valence-electron chi connectivity index (χ4n) is 1.95. The summed E-state index contributed by atoms with van der Waals surface area (Å²) in [6.45, 7) is 2.09. The van der Waals surface area contributed by atoms with Crippen molar-refractivity contribution < 1.29 is 9.90 Å². The van der Waals surface area contributed by atoms with E-state index >= 15 is 0 Å². The molecule has 0 saturated carbocycles. The average Bonchev–Trinajstić information content (AvgIpc) is 2.73. The third-order valence-electron chi connectivity index (χ3n) is 3.27. The second-order valence-corrected chi connectivity index (χ2v) is 5.63. The van der Waals surface area contributed by atoms with Crippen molar-refractivity contribution in [1.29, 1.82) is 0 Å². The van der Waals surface area contributed by atoms with Crippen LogP contribution in [0.5, 0.6) is 0 Å². The van der Waals surface area contributed by atoms with E-state index in [0.717, 1.165) is 11.1 Å². The van der Waals surface area contributed by atoms with Crippen LogP contribution in [-0.4, -0.2) is 22.1 Å². The summed E-state index contributed by atoms with van der Waals surface area (Å²) in [4.78, 5) is 12.1. The maximum absolute atomic E-state index is 12.1. The van der Waals surface area contributed by atoms with E-state index in [1.165, 1.54) is 10.6 Å². The number of nitrogens with one attached hydrogen (secondary N) is 1. The molecule has 1 heterocycles. The Morgan fingerprint density at radius 3 is 2.48 bits per heavy atom. The summed E-state index contributed by atoms with van der Waals surface area (Å²) in [5, 5.41) is 13.4. The van der Waals surface area contributed by atoms with E-state index in [1.807, 2.05) is 31.2 Å². The van der Waals surface area contributed by atoms with Crippen LogP contribution in [0.2, 0.25) is 10.2 Å². The Morgan fingerprint density at radius 1 is 1.33 bits per heavy atom. The largest absolute Gasteiger partial charge is 0.387 e. The van der Waals surface area contributed by atoms with Gasteiger partial charge in [-0.05, 0) is 18.6 Å². The van der Waals surface area contributed by atoms with Crippen LogP contribution in [0.25, 0.3) is 0 Å². The van der Waals surface area contributed by atoms with Gasteiger partial charge in [-0.3, -0.25) is 4.79 Å². The summed E-state index contributed by atoms with van der Waals surface area (Å²) in [7, 11) is 1.65. The SMILES string of the molecule is Cc1ccc([C@@H](O)CNC(=O)c2cc(Cl)c(Cl)n2C)cc1. The van der Waals surface area contributed by atoms with Gasteiger partial charge in [0.1, 0.15) is 10.8 Å². The van der Waals surface area contributed by atoms with Crippen LogP contribution in [0.3, 0.4) is 0 Å². The summed E-state index contributed by atoms with van der Waals surface area (Å²) in [5.41, 5.74) is 2.22. The molecule has 112 valence electrons. The molecular weight excluding hydrogens is 311 g/mol. The number of aliphatic hydroxyl groups is 1. The zero-order valence-corrected chi connectivity index (χ0v) is 13.2. The second-order valence-electron chi connectivity index (χ2n) is 4.86. The highest BCUT2D eigenvalue weighted by Gasteiger charge is 2.17. The summed E-state index contributed by atoms with van der Waals surface area (Å²) in [6.07, 6.45) is -0.763. The van der Waals surface area contributed by atoms with Gasteiger partial charge in [-0.25, -0.2) is 0 Å². The number of nitrogens with zero attached hydrogens (tertiary/aromatic N) is 1. The molecule has 2 N–H and O–H groups in total. The minimum absolute atomic E-state index is 0.113. The molecule has 0 saturated heterocycles. The molecule has 2 aromatic rings. The maximum Gasteiger partial charge on any atom is 0.268 e. The van der Waals surface area contributed by atoms with Gasteiger partial charge >= 0.3 is 0 Å². The molecular formula is C15H16Cl2N2O2. The normalized spacial score (nSPS) is 12.2. The van der Waals surface area contributed by atoms with E-state index in [-0.39, 0.29) is 12.5 Å². The maximum atomic E-state index is 12.1. The summed E-state index contributed by atoms with van der Waals surface area (Å²) < 4.78 is 1.50. The van der Waals surface area contributed by atoms with Gasteiger partial charge in [0.15, 0.2) is 0 Å². The van der Waals surface area contributed by atoms with Gasteiger partial charge in [0.2, 0.25) is 0 Å². The number of carbonyl (C=O) groups is 1. The number of rotatable bonds is 4. The number of aliphatic hydroxyl groups excluding tert-OH is 1. The van der Waals surface area contributed by atoms with E-state index in [1.54, 1.807) is 7.05 Å². The Hall–Kier alpha value is -1.49. The van der Waals surface area contributed by atoms with Crippen molar-refractivity contribution in [3.05, 3.63) is 57.3 Å². The third-order valence-corrected chi connectivity index (χ3v) is 4.11. The first-order valence-electron chi connectivity index (χ1n) is 6.43. The van der Waals surface area contributed by atoms with E-state index in [9.17, 15) is 9.90 Å². The molecule has 0 radical (unpaired) electrons. The zero-order chi connectivity index (χ0) is 15.6. The van der Waals surface area contributed by atoms with E-state index in [0.29, 0.717) is 15.9 Å². The molecule has 0 fully saturated rings. The highest BCUT2D eigenvalue weighted by molar-refractivity contribution is 6.41. The van der Waals surface area contributed by atoms with Crippen molar-refractivity contribution in [3.63, 3.8) is 0 Å². The molecule has 0 bridgehead atoms. The Labute approximate surface area is 133 Å². The third kappa shape index (κ3) is 3.59. The van der Waals surface area contributed by atoms with Gasteiger partial charge in [-0.1, -0.05) is 53.0 Å². The van der Waals surface area contributed by atoms with Crippen LogP contribution in [0.1, 0.15) is 27.7 Å². The second kappa shape index (κ2) is 6.52. The zero-order valence-electron chi connectivity index (χ0n) is 11.7. The summed E-state index contributed by atoms with van der Waals surface area (Å²) >= 11 is 11.8. The minimum Gasteiger partial charge on any atom is -0.387 e. The van der Waals surface area contributed by atoms with E-state index in [4.69, 9.17) is 23.2 Å². The standard InChI is InChI=1S/C15H16Cl2N2O2/c1-9-3-5-10(6-4-9)13(20)8-18-15(21)12-7-11(16)14(17)19(12)2/h3-7,13,20H,8H2,1-2H3,(H,18,21)/t13-/m0/s1. The van der Waals surface area contributed by atoms with Gasteiger partial charge < -0.3 is 15.0 Å². The van der Waals surface area contributed by atoms with Gasteiger partial charge in [0.05, 0.1) is 11.1 Å². The molecule has 21 heavy (non-hydrogen) atoms. The molecule has 2 rings (SSSR count). The lowest BCUT2D eigenvalue weighted by Crippen LogP contribution is -2.29. The monoisotopic (exact) mass is 326 g/mol. The van der Waals surface area contributed by atoms with Crippen molar-refractivity contribution in [2.24, 2.45) is 7.05 Å². The van der Waals surface area contributed by atoms with Crippen LogP contribution in [-0.2, 0) is 7.05 Å². The molecule has 1 atom stereocenters. The van der Waals surface area contributed by atoms with Crippen molar-refractivity contribution >= 4 is 29.1 Å². The van der Waals surface area contributed by atoms with Crippen LogP contribution in [0.4, 0.5) is 0 Å². The van der Waals surface area contributed by atoms with Crippen molar-refractivity contribution in [3.8, 4) is 0 Å². The number of carbonyl (C=O) groups excluding carboxylic acids is 1. The topological polar surface area (TPSA) is 54.3 Å². The molecule has 0 aliphatic heterocycles. The molecule has 0 spiro atoms. The highest BCUT2D eigenvalue weighted by Crippen LogP contribution is 2.25. The predicted molar refractivity (Wildman–Crippen MR) is 83.9 cm³/mol. The van der Waals surface area contributed by atoms with Gasteiger partial charge in [0, 0.05) is 13.6 Å². The first-order chi connectivity index (χ1) is 9.90. The Kier molecular flexibility index (Phi) is 4.93. The fourth-order valence-corrected chi connectivity index (χ4v) is 2.32. The Morgan fingerprint density at radius 2 is 1.95 bits per heavy atom. The fraction of sp³-hybridized carbons (Fsp3) is 0.267. The van der Waals surface area contributed by atoms with Crippen LogP contribution in [0.15, 0.2) is 30.3 Å². The first-order valence-corrected chi connectivity index (χ1v) is 7.19. The van der Waals surface area contributed by atoms with Crippen LogP contribution < -0.4 is 5.32 Å². The number of benzene rings is 1. The van der Waals surface area contributed by atoms with Crippen LogP contribution >= 0.6 is 23.2 Å². The molecule has 1 aromatic carbocycles. The number of hydrogen-bond acceptors (Lipinski definition) is 2. The molecule has 1 amide bonds. The molecule has 4 nitrogen and oxygen atoms in total. The summed E-state index contributed by atoms with van der Waals surface area (Å²) in [6, 6.07) is 9.00. The van der Waals surface area contributed by atoms with Gasteiger partial charge in [0.25, 0.3) is 5.91 Å². The summed E-state index contributed by atoms with van der Waals surface area (Å²) in [5.74, 6) is -0.336. The lowest BCUT2D eigenvalue weighted by molar-refractivity contribution is 0.0908. The number of aryl methyl sites for hydroxylation is 1. The van der Waals surface area contributed by atoms with Crippen molar-refractivity contribution in [1.82, 2.24) is 9.88 Å². The number of aromatic nitrogens is 1. The van der Waals surface area contributed by atoms with E-state index in [2.05, 4.69) is 5.32 Å². The Bertz CT molecular complexity index is 650. The average molecular weight is 327 g/mol. The molecule has 1 aromatic heterocycles. The smallest absolute Gasteiger partial charge is 0.268 e. The molecule has 0 aliphatic carbocycles. The predicted octanol–water partition coefficient (Wildman–Crippen LogP) is 3.10. The molecule has 0 aliphatic rings. The lowest BCUT2D eigenvalue weighted by atomic mass is 10.1. The number of amides is 1. The first kappa shape index (κ1) is 15.9. The number of halogens is 2. The molecule has 6 heteroatoms. The van der Waals surface area contributed by atoms with Gasteiger partial charge in [-0.2, -0.15) is 0 Å². The van der Waals surface area contributed by atoms with Gasteiger partial charge in [-0.15, -0.1) is 0 Å². The minimum atomic E-state index is -0.763. The quantitative estimate of drug-likeness (QED) is 0.907. The van der Waals surface area contributed by atoms with E-state index < -0.39 is 6.10 Å². The van der Waals surface area contributed by atoms with Crippen molar-refractivity contribution in [2.75, 3.05) is 6.54 Å². The highest BCUT2D eigenvalue weighted by atomic mass is 35.5. The van der Waals surface area contributed by atoms with Crippen LogP contribution in [0, 0.1) is 6.92 Å². The lowest BCUT2D eigenvalue weighted by Gasteiger charge is -2.13. The molecule has 0 unspecified atom stereocenters. The Balaban J connectivity index is 2.00. The number of hydrogen-bond donors (Lipinski definition) is 2. The van der Waals surface area contributed by atoms with Crippen molar-refractivity contribution in [2.45, 2.75) is 13.0 Å².